The molecule has 0 saturated heterocycles. The van der Waals surface area contributed by atoms with Crippen molar-refractivity contribution in [3.8, 4) is 0 Å². The van der Waals surface area contributed by atoms with Crippen LogP contribution in [-0.2, 0) is 20.9 Å². The van der Waals surface area contributed by atoms with Crippen LogP contribution < -0.4 is 21.7 Å². The van der Waals surface area contributed by atoms with Crippen LogP contribution in [0.25, 0.3) is 11.2 Å². The second-order valence-corrected chi connectivity index (χ2v) is 7.61. The molecule has 1 aromatic carbocycles. The van der Waals surface area contributed by atoms with Gasteiger partial charge in [0.2, 0.25) is 5.95 Å². The van der Waals surface area contributed by atoms with E-state index in [1.54, 1.807) is 37.4 Å². The van der Waals surface area contributed by atoms with Crippen LogP contribution in [0.15, 0.2) is 30.5 Å². The topological polar surface area (TPSA) is 200 Å². The summed E-state index contributed by atoms with van der Waals surface area (Å²) in [7, 11) is 1.83. The number of nitrogens with zero attached hydrogens (tertiary/aromatic N) is 5. The first-order valence-electron chi connectivity index (χ1n) is 10.7. The number of amides is 1. The minimum absolute atomic E-state index is 0.0203. The number of esters is 1. The number of anilines is 3. The quantitative estimate of drug-likeness (QED) is 0.296. The van der Waals surface area contributed by atoms with E-state index in [0.29, 0.717) is 23.4 Å². The molecule has 1 atom stereocenters. The van der Waals surface area contributed by atoms with Gasteiger partial charge in [-0.1, -0.05) is 0 Å². The number of ether oxygens (including phenoxy) is 1. The summed E-state index contributed by atoms with van der Waals surface area (Å²) in [6.45, 7) is 2.24. The number of aromatic nitrogens is 4. The van der Waals surface area contributed by atoms with Gasteiger partial charge < -0.3 is 31.5 Å². The Hall–Kier alpha value is -4.55. The number of carboxylic acid groups (broad SMARTS) is 1. The zero-order valence-corrected chi connectivity index (χ0v) is 19.3. The van der Waals surface area contributed by atoms with Crippen molar-refractivity contribution >= 4 is 46.5 Å². The lowest BCUT2D eigenvalue weighted by molar-refractivity contribution is -0.144. The van der Waals surface area contributed by atoms with E-state index in [1.165, 1.54) is 0 Å². The van der Waals surface area contributed by atoms with Crippen molar-refractivity contribution in [1.29, 1.82) is 0 Å². The van der Waals surface area contributed by atoms with Crippen molar-refractivity contribution in [1.82, 2.24) is 25.3 Å². The third-order valence-corrected chi connectivity index (χ3v) is 5.02. The molecule has 0 bridgehead atoms. The van der Waals surface area contributed by atoms with Gasteiger partial charge in [0.05, 0.1) is 25.0 Å². The van der Waals surface area contributed by atoms with Crippen molar-refractivity contribution in [2.45, 2.75) is 32.4 Å². The zero-order chi connectivity index (χ0) is 25.5. The lowest BCUT2D eigenvalue weighted by Gasteiger charge is -2.19. The predicted molar refractivity (Wildman–Crippen MR) is 127 cm³/mol. The Morgan fingerprint density at radius 1 is 1.14 bits per heavy atom. The van der Waals surface area contributed by atoms with Gasteiger partial charge in [-0.2, -0.15) is 9.97 Å². The summed E-state index contributed by atoms with van der Waals surface area (Å²) in [4.78, 5) is 54.0. The Balaban J connectivity index is 1.64. The number of fused-ring (bicyclic) bond motifs is 1. The van der Waals surface area contributed by atoms with Gasteiger partial charge in [0, 0.05) is 24.7 Å². The number of nitrogens with two attached hydrogens (primary N) is 2. The summed E-state index contributed by atoms with van der Waals surface area (Å²) in [6.07, 6.45) is 1.38. The van der Waals surface area contributed by atoms with E-state index >= 15 is 0 Å². The molecule has 184 valence electrons. The fraction of sp³-hybridized carbons (Fsp3) is 0.318. The molecule has 2 heterocycles. The second-order valence-electron chi connectivity index (χ2n) is 7.61. The highest BCUT2D eigenvalue weighted by atomic mass is 16.5. The van der Waals surface area contributed by atoms with E-state index in [2.05, 4.69) is 25.3 Å². The number of rotatable bonds is 10. The molecule has 3 rings (SSSR count). The van der Waals surface area contributed by atoms with Crippen LogP contribution in [0.4, 0.5) is 17.5 Å². The lowest BCUT2D eigenvalue weighted by atomic mass is 10.1. The highest BCUT2D eigenvalue weighted by Crippen LogP contribution is 2.19. The number of carboxylic acids is 1. The van der Waals surface area contributed by atoms with E-state index < -0.39 is 23.9 Å². The number of aliphatic carboxylic acids is 1. The molecule has 0 aliphatic heterocycles. The second kappa shape index (κ2) is 11.0. The highest BCUT2D eigenvalue weighted by molar-refractivity contribution is 5.97. The molecule has 1 amide bonds. The number of carbonyl (C=O) groups excluding carboxylic acids is 2. The smallest absolute Gasteiger partial charge is 0.326 e. The van der Waals surface area contributed by atoms with Gasteiger partial charge in [0.1, 0.15) is 6.04 Å². The van der Waals surface area contributed by atoms with E-state index in [9.17, 15) is 19.5 Å². The fourth-order valence-corrected chi connectivity index (χ4v) is 3.25. The van der Waals surface area contributed by atoms with Crippen LogP contribution in [-0.4, -0.2) is 62.6 Å². The first kappa shape index (κ1) is 25.1. The van der Waals surface area contributed by atoms with Crippen LogP contribution in [0.3, 0.4) is 0 Å². The molecule has 6 N–H and O–H groups in total. The average molecular weight is 483 g/mol. The number of hydrogen-bond acceptors (Lipinski definition) is 11. The maximum atomic E-state index is 12.5. The molecule has 3 aromatic rings. The summed E-state index contributed by atoms with van der Waals surface area (Å²) in [5.74, 6) is -2.15. The molecule has 0 spiro atoms. The largest absolute Gasteiger partial charge is 0.480 e. The van der Waals surface area contributed by atoms with Crippen LogP contribution in [0.5, 0.6) is 0 Å². The van der Waals surface area contributed by atoms with E-state index in [4.69, 9.17) is 16.2 Å². The van der Waals surface area contributed by atoms with Gasteiger partial charge in [-0.15, -0.1) is 0 Å². The summed E-state index contributed by atoms with van der Waals surface area (Å²) >= 11 is 0. The minimum atomic E-state index is -1.23. The van der Waals surface area contributed by atoms with Crippen LogP contribution in [0, 0.1) is 0 Å². The van der Waals surface area contributed by atoms with Crippen LogP contribution in [0.1, 0.15) is 35.8 Å². The summed E-state index contributed by atoms with van der Waals surface area (Å²) < 4.78 is 4.80. The van der Waals surface area contributed by atoms with Gasteiger partial charge >= 0.3 is 11.9 Å². The van der Waals surface area contributed by atoms with E-state index in [1.807, 2.05) is 11.9 Å². The molecule has 0 unspecified atom stereocenters. The summed E-state index contributed by atoms with van der Waals surface area (Å²) in [5.41, 5.74) is 13.8. The molecule has 0 fully saturated rings. The highest BCUT2D eigenvalue weighted by Gasteiger charge is 2.22. The number of nitrogens with one attached hydrogen (secondary N) is 1. The number of benzene rings is 1. The standard InChI is InChI=1S/C22H26N8O5/c1-3-35-16(31)9-8-15(21(33)34)27-20(32)12-4-6-14(7-5-12)30(2)11-13-10-25-19-17(26-13)18(23)28-22(24)29-19/h4-7,10,15H,3,8-9,11H2,1-2H3,(H,27,32)(H,33,34)(H4,23,24,25,28,29)/t15-/m0/s1. The van der Waals surface area contributed by atoms with Crippen molar-refractivity contribution in [3.05, 3.63) is 41.7 Å². The Bertz CT molecular complexity index is 1230. The van der Waals surface area contributed by atoms with Gasteiger partial charge in [-0.25, -0.2) is 14.8 Å². The first-order chi connectivity index (χ1) is 16.7. The predicted octanol–water partition coefficient (Wildman–Crippen LogP) is 0.747. The Morgan fingerprint density at radius 3 is 2.51 bits per heavy atom. The van der Waals surface area contributed by atoms with Gasteiger partial charge in [0.25, 0.3) is 5.91 Å². The third-order valence-electron chi connectivity index (χ3n) is 5.02. The number of carbonyl (C=O) groups is 3. The third kappa shape index (κ3) is 6.50. The van der Waals surface area contributed by atoms with Gasteiger partial charge in [-0.05, 0) is 37.6 Å². The Kier molecular flexibility index (Phi) is 7.92. The van der Waals surface area contributed by atoms with E-state index in [0.717, 1.165) is 5.69 Å². The SMILES string of the molecule is CCOC(=O)CC[C@H](NC(=O)c1ccc(N(C)Cc2cnc3nc(N)nc(N)c3n2)cc1)C(=O)O. The zero-order valence-electron chi connectivity index (χ0n) is 19.3. The van der Waals surface area contributed by atoms with Crippen LogP contribution >= 0.6 is 0 Å². The van der Waals surface area contributed by atoms with Gasteiger partial charge in [0.15, 0.2) is 17.0 Å². The number of hydrogen-bond donors (Lipinski definition) is 4. The number of nitrogen functional groups attached to an aromatic ring is 2. The maximum Gasteiger partial charge on any atom is 0.326 e. The summed E-state index contributed by atoms with van der Waals surface area (Å²) in [5, 5.41) is 11.8. The Labute approximate surface area is 200 Å². The molecule has 2 aromatic heterocycles. The molecular formula is C22H26N8O5. The molecule has 0 aliphatic rings. The maximum absolute atomic E-state index is 12.5. The fourth-order valence-electron chi connectivity index (χ4n) is 3.25. The van der Waals surface area contributed by atoms with Crippen molar-refractivity contribution in [2.75, 3.05) is 30.0 Å². The van der Waals surface area contributed by atoms with Crippen LogP contribution in [0.2, 0.25) is 0 Å². The average Bonchev–Trinajstić information content (AvgIpc) is 2.82. The first-order valence-corrected chi connectivity index (χ1v) is 10.7. The summed E-state index contributed by atoms with van der Waals surface area (Å²) in [6, 6.07) is 5.37. The molecule has 0 aliphatic carbocycles. The molecule has 13 nitrogen and oxygen atoms in total. The molecule has 0 radical (unpaired) electrons. The monoisotopic (exact) mass is 482 g/mol. The normalized spacial score (nSPS) is 11.6. The minimum Gasteiger partial charge on any atom is -0.480 e. The molecule has 0 saturated carbocycles. The van der Waals surface area contributed by atoms with Crippen molar-refractivity contribution < 1.29 is 24.2 Å². The molecule has 13 heteroatoms. The molecule has 35 heavy (non-hydrogen) atoms. The van der Waals surface area contributed by atoms with Gasteiger partial charge in [-0.3, -0.25) is 9.59 Å². The van der Waals surface area contributed by atoms with Crippen molar-refractivity contribution in [2.24, 2.45) is 0 Å². The molecular weight excluding hydrogens is 456 g/mol. The Morgan fingerprint density at radius 2 is 1.86 bits per heavy atom. The lowest BCUT2D eigenvalue weighted by Crippen LogP contribution is -2.41. The van der Waals surface area contributed by atoms with Crippen molar-refractivity contribution in [3.63, 3.8) is 0 Å². The van der Waals surface area contributed by atoms with E-state index in [-0.39, 0.29) is 36.8 Å².